The van der Waals surface area contributed by atoms with E-state index in [1.54, 1.807) is 36.4 Å². The molecular formula is C20H22N2O7. The summed E-state index contributed by atoms with van der Waals surface area (Å²) in [6, 6.07) is 9.90. The van der Waals surface area contributed by atoms with Crippen molar-refractivity contribution in [3.05, 3.63) is 42.0 Å². The van der Waals surface area contributed by atoms with Gasteiger partial charge in [0.1, 0.15) is 0 Å². The Morgan fingerprint density at radius 1 is 1.03 bits per heavy atom. The molecule has 0 saturated heterocycles. The lowest BCUT2D eigenvalue weighted by Gasteiger charge is -2.13. The fourth-order valence-corrected chi connectivity index (χ4v) is 2.79. The highest BCUT2D eigenvalue weighted by atomic mass is 16.7. The number of nitrogens with one attached hydrogen (secondary N) is 2. The zero-order chi connectivity index (χ0) is 20.8. The van der Waals surface area contributed by atoms with Crippen LogP contribution in [-0.2, 0) is 9.59 Å². The summed E-state index contributed by atoms with van der Waals surface area (Å²) in [5.41, 5.74) is 1.03. The van der Waals surface area contributed by atoms with Gasteiger partial charge in [0.15, 0.2) is 23.0 Å². The summed E-state index contributed by atoms with van der Waals surface area (Å²) in [5.74, 6) is 0.499. The Balaban J connectivity index is 1.48. The van der Waals surface area contributed by atoms with Crippen LogP contribution in [0.25, 0.3) is 0 Å². The maximum atomic E-state index is 12.1. The summed E-state index contributed by atoms with van der Waals surface area (Å²) in [6.07, 6.45) is -0.589. The Bertz CT molecular complexity index is 900. The van der Waals surface area contributed by atoms with Gasteiger partial charge < -0.3 is 34.7 Å². The number of carbonyl (C=O) groups excluding carboxylic acids is 2. The minimum Gasteiger partial charge on any atom is -0.493 e. The van der Waals surface area contributed by atoms with Gasteiger partial charge in [0.05, 0.1) is 20.3 Å². The molecular weight excluding hydrogens is 380 g/mol. The van der Waals surface area contributed by atoms with E-state index in [-0.39, 0.29) is 19.8 Å². The Morgan fingerprint density at radius 2 is 1.79 bits per heavy atom. The number of fused-ring (bicyclic) bond motifs is 1. The van der Waals surface area contributed by atoms with Gasteiger partial charge in [0, 0.05) is 18.3 Å². The van der Waals surface area contributed by atoms with E-state index in [1.165, 1.54) is 14.2 Å². The highest BCUT2D eigenvalue weighted by molar-refractivity contribution is 6.39. The third kappa shape index (κ3) is 4.88. The van der Waals surface area contributed by atoms with E-state index in [0.717, 1.165) is 0 Å². The lowest BCUT2D eigenvalue weighted by molar-refractivity contribution is -0.136. The van der Waals surface area contributed by atoms with Crippen LogP contribution in [-0.4, -0.2) is 44.5 Å². The van der Waals surface area contributed by atoms with Crippen LogP contribution in [0.1, 0.15) is 18.1 Å². The predicted molar refractivity (Wildman–Crippen MR) is 103 cm³/mol. The molecule has 1 atom stereocenters. The number of aliphatic hydroxyl groups excluding tert-OH is 1. The molecule has 2 aromatic carbocycles. The topological polar surface area (TPSA) is 115 Å². The van der Waals surface area contributed by atoms with Gasteiger partial charge in [0.2, 0.25) is 6.79 Å². The number of hydrogen-bond donors (Lipinski definition) is 3. The molecule has 9 heteroatoms. The number of ether oxygens (including phenoxy) is 4. The molecule has 0 aromatic heterocycles. The van der Waals surface area contributed by atoms with Gasteiger partial charge in [-0.05, 0) is 36.2 Å². The molecule has 154 valence electrons. The molecule has 3 rings (SSSR count). The third-order valence-electron chi connectivity index (χ3n) is 4.33. The monoisotopic (exact) mass is 402 g/mol. The summed E-state index contributed by atoms with van der Waals surface area (Å²) in [7, 11) is 2.98. The first kappa shape index (κ1) is 20.3. The standard InChI is InChI=1S/C20H22N2O7/c1-26-15-6-4-13(10-17(15)27-2)22-20(25)19(24)21-8-7-14(23)12-3-5-16-18(9-12)29-11-28-16/h3-6,9-10,14,23H,7-8,11H2,1-2H3,(H,21,24)(H,22,25). The minimum absolute atomic E-state index is 0.119. The van der Waals surface area contributed by atoms with Crippen LogP contribution in [0.3, 0.4) is 0 Å². The number of hydrogen-bond acceptors (Lipinski definition) is 7. The molecule has 0 aliphatic carbocycles. The fourth-order valence-electron chi connectivity index (χ4n) is 2.79. The van der Waals surface area contributed by atoms with Crippen molar-refractivity contribution in [1.29, 1.82) is 0 Å². The predicted octanol–water partition coefficient (Wildman–Crippen LogP) is 1.61. The molecule has 1 heterocycles. The summed E-state index contributed by atoms with van der Waals surface area (Å²) < 4.78 is 20.8. The smallest absolute Gasteiger partial charge is 0.313 e. The van der Waals surface area contributed by atoms with Crippen molar-refractivity contribution in [2.24, 2.45) is 0 Å². The zero-order valence-corrected chi connectivity index (χ0v) is 16.1. The molecule has 9 nitrogen and oxygen atoms in total. The van der Waals surface area contributed by atoms with Crippen molar-refractivity contribution >= 4 is 17.5 Å². The second-order valence-corrected chi connectivity index (χ2v) is 6.20. The Morgan fingerprint density at radius 3 is 2.55 bits per heavy atom. The van der Waals surface area contributed by atoms with Crippen molar-refractivity contribution in [2.45, 2.75) is 12.5 Å². The quantitative estimate of drug-likeness (QED) is 0.603. The van der Waals surface area contributed by atoms with Gasteiger partial charge >= 0.3 is 11.8 Å². The molecule has 1 unspecified atom stereocenters. The van der Waals surface area contributed by atoms with E-state index in [9.17, 15) is 14.7 Å². The van der Waals surface area contributed by atoms with Crippen LogP contribution < -0.4 is 29.6 Å². The van der Waals surface area contributed by atoms with Crippen molar-refractivity contribution in [1.82, 2.24) is 5.32 Å². The molecule has 0 fully saturated rings. The van der Waals surface area contributed by atoms with Crippen LogP contribution in [0, 0.1) is 0 Å². The zero-order valence-electron chi connectivity index (χ0n) is 16.1. The maximum Gasteiger partial charge on any atom is 0.313 e. The number of carbonyl (C=O) groups is 2. The Kier molecular flexibility index (Phi) is 6.40. The average molecular weight is 402 g/mol. The molecule has 0 bridgehead atoms. The van der Waals surface area contributed by atoms with Crippen molar-refractivity contribution in [2.75, 3.05) is 32.9 Å². The average Bonchev–Trinajstić information content (AvgIpc) is 3.21. The van der Waals surface area contributed by atoms with Crippen LogP contribution in [0.4, 0.5) is 5.69 Å². The molecule has 3 N–H and O–H groups in total. The lowest BCUT2D eigenvalue weighted by atomic mass is 10.1. The van der Waals surface area contributed by atoms with E-state index < -0.39 is 17.9 Å². The van der Waals surface area contributed by atoms with Gasteiger partial charge in [-0.1, -0.05) is 6.07 Å². The SMILES string of the molecule is COc1ccc(NC(=O)C(=O)NCCC(O)c2ccc3c(c2)OCO3)cc1OC. The second-order valence-electron chi connectivity index (χ2n) is 6.20. The number of benzene rings is 2. The maximum absolute atomic E-state index is 12.1. The molecule has 1 aliphatic rings. The normalized spacial score (nSPS) is 12.8. The van der Waals surface area contributed by atoms with E-state index in [0.29, 0.717) is 34.2 Å². The second kappa shape index (κ2) is 9.16. The number of rotatable bonds is 7. The molecule has 2 aromatic rings. The number of aliphatic hydroxyl groups is 1. The lowest BCUT2D eigenvalue weighted by Crippen LogP contribution is -2.36. The van der Waals surface area contributed by atoms with Crippen LogP contribution in [0.15, 0.2) is 36.4 Å². The Hall–Kier alpha value is -3.46. The molecule has 29 heavy (non-hydrogen) atoms. The third-order valence-corrected chi connectivity index (χ3v) is 4.33. The molecule has 1 aliphatic heterocycles. The number of anilines is 1. The van der Waals surface area contributed by atoms with Crippen molar-refractivity contribution in [3.63, 3.8) is 0 Å². The van der Waals surface area contributed by atoms with Crippen LogP contribution in [0.5, 0.6) is 23.0 Å². The molecule has 0 saturated carbocycles. The van der Waals surface area contributed by atoms with Crippen LogP contribution in [0.2, 0.25) is 0 Å². The highest BCUT2D eigenvalue weighted by Crippen LogP contribution is 2.34. The summed E-state index contributed by atoms with van der Waals surface area (Å²) >= 11 is 0. The van der Waals surface area contributed by atoms with E-state index >= 15 is 0 Å². The minimum atomic E-state index is -0.824. The van der Waals surface area contributed by atoms with Crippen molar-refractivity contribution in [3.8, 4) is 23.0 Å². The Labute approximate surface area is 167 Å². The summed E-state index contributed by atoms with van der Waals surface area (Å²) in [6.45, 7) is 0.272. The molecule has 0 spiro atoms. The highest BCUT2D eigenvalue weighted by Gasteiger charge is 2.18. The molecule has 0 radical (unpaired) electrons. The first-order valence-corrected chi connectivity index (χ1v) is 8.90. The van der Waals surface area contributed by atoms with Gasteiger partial charge in [-0.15, -0.1) is 0 Å². The van der Waals surface area contributed by atoms with Crippen LogP contribution >= 0.6 is 0 Å². The molecule has 2 amide bonds. The van der Waals surface area contributed by atoms with E-state index in [1.807, 2.05) is 0 Å². The van der Waals surface area contributed by atoms with Crippen molar-refractivity contribution < 1.29 is 33.6 Å². The van der Waals surface area contributed by atoms with E-state index in [4.69, 9.17) is 18.9 Å². The number of methoxy groups -OCH3 is 2. The van der Waals surface area contributed by atoms with Gasteiger partial charge in [-0.3, -0.25) is 9.59 Å². The van der Waals surface area contributed by atoms with Gasteiger partial charge in [-0.2, -0.15) is 0 Å². The van der Waals surface area contributed by atoms with Gasteiger partial charge in [0.25, 0.3) is 0 Å². The number of amides is 2. The first-order chi connectivity index (χ1) is 14.0. The largest absolute Gasteiger partial charge is 0.493 e. The summed E-state index contributed by atoms with van der Waals surface area (Å²) in [4.78, 5) is 24.1. The van der Waals surface area contributed by atoms with E-state index in [2.05, 4.69) is 10.6 Å². The van der Waals surface area contributed by atoms with Gasteiger partial charge in [-0.25, -0.2) is 0 Å². The summed E-state index contributed by atoms with van der Waals surface area (Å²) in [5, 5.41) is 15.2. The fraction of sp³-hybridized carbons (Fsp3) is 0.300. The first-order valence-electron chi connectivity index (χ1n) is 8.90.